The molecule has 0 saturated carbocycles. The number of hydrogen-bond donors (Lipinski definition) is 2. The summed E-state index contributed by atoms with van der Waals surface area (Å²) in [4.78, 5) is 11.7. The fourth-order valence-corrected chi connectivity index (χ4v) is 3.63. The number of guanidine groups is 1. The van der Waals surface area contributed by atoms with Gasteiger partial charge in [-0.3, -0.25) is 0 Å². The lowest BCUT2D eigenvalue weighted by molar-refractivity contribution is 0.665. The van der Waals surface area contributed by atoms with Crippen LogP contribution in [0.5, 0.6) is 0 Å². The van der Waals surface area contributed by atoms with Gasteiger partial charge in [-0.05, 0) is 63.5 Å². The van der Waals surface area contributed by atoms with E-state index in [9.17, 15) is 0 Å². The van der Waals surface area contributed by atoms with Crippen LogP contribution in [0.1, 0.15) is 57.4 Å². The van der Waals surface area contributed by atoms with Crippen LogP contribution >= 0.6 is 0 Å². The van der Waals surface area contributed by atoms with E-state index in [1.165, 1.54) is 38.5 Å². The van der Waals surface area contributed by atoms with Gasteiger partial charge >= 0.3 is 0 Å². The molecule has 2 aliphatic rings. The van der Waals surface area contributed by atoms with Gasteiger partial charge in [-0.1, -0.05) is 17.7 Å². The first-order valence-corrected chi connectivity index (χ1v) is 10.2. The molecule has 1 aromatic rings. The van der Waals surface area contributed by atoms with Gasteiger partial charge in [0.05, 0.1) is 6.54 Å². The molecule has 1 aromatic heterocycles. The van der Waals surface area contributed by atoms with E-state index in [-0.39, 0.29) is 0 Å². The lowest BCUT2D eigenvalue weighted by Gasteiger charge is -2.16. The summed E-state index contributed by atoms with van der Waals surface area (Å²) in [6, 6.07) is 4.28. The van der Waals surface area contributed by atoms with Crippen molar-refractivity contribution in [3.8, 4) is 0 Å². The maximum Gasteiger partial charge on any atom is 0.191 e. The number of aliphatic imine (C=N–C) groups is 1. The van der Waals surface area contributed by atoms with Gasteiger partial charge in [0.1, 0.15) is 5.82 Å². The first kappa shape index (κ1) is 18.7. The second-order valence-corrected chi connectivity index (χ2v) is 7.20. The van der Waals surface area contributed by atoms with Crippen LogP contribution in [0.25, 0.3) is 0 Å². The molecule has 0 bridgehead atoms. The fourth-order valence-electron chi connectivity index (χ4n) is 3.63. The molecule has 5 nitrogen and oxygen atoms in total. The van der Waals surface area contributed by atoms with Crippen molar-refractivity contribution in [1.82, 2.24) is 15.6 Å². The Hall–Kier alpha value is -2.04. The topological polar surface area (TPSA) is 52.6 Å². The van der Waals surface area contributed by atoms with Crippen LogP contribution in [0.2, 0.25) is 0 Å². The van der Waals surface area contributed by atoms with Crippen molar-refractivity contribution in [3.05, 3.63) is 35.5 Å². The maximum atomic E-state index is 4.71. The number of pyridine rings is 1. The van der Waals surface area contributed by atoms with Crippen LogP contribution in [0.4, 0.5) is 5.82 Å². The largest absolute Gasteiger partial charge is 0.357 e. The summed E-state index contributed by atoms with van der Waals surface area (Å²) < 4.78 is 0. The predicted molar refractivity (Wildman–Crippen MR) is 110 cm³/mol. The normalized spacial score (nSPS) is 18.0. The Bertz CT molecular complexity index is 599. The van der Waals surface area contributed by atoms with E-state index >= 15 is 0 Å². The fraction of sp³-hybridized carbons (Fsp3) is 0.619. The number of nitrogens with one attached hydrogen (secondary N) is 2. The smallest absolute Gasteiger partial charge is 0.191 e. The highest BCUT2D eigenvalue weighted by Crippen LogP contribution is 2.19. The van der Waals surface area contributed by atoms with Crippen molar-refractivity contribution in [2.24, 2.45) is 4.99 Å². The Labute approximate surface area is 158 Å². The van der Waals surface area contributed by atoms with Gasteiger partial charge in [0.25, 0.3) is 0 Å². The molecule has 2 heterocycles. The summed E-state index contributed by atoms with van der Waals surface area (Å²) in [6.45, 7) is 6.86. The van der Waals surface area contributed by atoms with E-state index in [1.54, 1.807) is 5.57 Å². The second-order valence-electron chi connectivity index (χ2n) is 7.20. The van der Waals surface area contributed by atoms with Gasteiger partial charge < -0.3 is 15.5 Å². The van der Waals surface area contributed by atoms with Crippen LogP contribution in [0, 0.1) is 0 Å². The number of aromatic nitrogens is 1. The summed E-state index contributed by atoms with van der Waals surface area (Å²) in [5, 5.41) is 6.80. The standard InChI is InChI=1S/C21H33N5/c1-2-22-21(23-13-12-18-8-4-3-5-9-18)25-17-19-10-11-20(24-16-19)26-14-6-7-15-26/h8,10-11,16H,2-7,9,12-15,17H2,1H3,(H2,22,23,25). The van der Waals surface area contributed by atoms with Crippen LogP contribution in [0.3, 0.4) is 0 Å². The molecule has 1 aliphatic carbocycles. The van der Waals surface area contributed by atoms with Crippen molar-refractivity contribution < 1.29 is 0 Å². The van der Waals surface area contributed by atoms with Gasteiger partial charge in [-0.2, -0.15) is 0 Å². The van der Waals surface area contributed by atoms with Crippen molar-refractivity contribution in [3.63, 3.8) is 0 Å². The molecule has 1 saturated heterocycles. The third kappa shape index (κ3) is 5.75. The van der Waals surface area contributed by atoms with E-state index in [0.29, 0.717) is 6.54 Å². The van der Waals surface area contributed by atoms with E-state index in [1.807, 2.05) is 6.20 Å². The molecule has 26 heavy (non-hydrogen) atoms. The molecule has 1 fully saturated rings. The van der Waals surface area contributed by atoms with E-state index in [4.69, 9.17) is 4.99 Å². The highest BCUT2D eigenvalue weighted by molar-refractivity contribution is 5.79. The summed E-state index contributed by atoms with van der Waals surface area (Å²) in [5.74, 6) is 1.99. The zero-order valence-electron chi connectivity index (χ0n) is 16.1. The van der Waals surface area contributed by atoms with Gasteiger partial charge in [0, 0.05) is 32.4 Å². The average Bonchev–Trinajstić information content (AvgIpc) is 3.22. The molecular weight excluding hydrogens is 322 g/mol. The zero-order valence-corrected chi connectivity index (χ0v) is 16.1. The third-order valence-electron chi connectivity index (χ3n) is 5.13. The molecule has 0 aromatic carbocycles. The minimum Gasteiger partial charge on any atom is -0.357 e. The number of rotatable bonds is 7. The summed E-state index contributed by atoms with van der Waals surface area (Å²) in [6.07, 6.45) is 13.3. The Morgan fingerprint density at radius 1 is 1.15 bits per heavy atom. The van der Waals surface area contributed by atoms with Crippen LogP contribution in [-0.2, 0) is 6.54 Å². The monoisotopic (exact) mass is 355 g/mol. The van der Waals surface area contributed by atoms with Gasteiger partial charge in [0.15, 0.2) is 5.96 Å². The first-order chi connectivity index (χ1) is 12.8. The van der Waals surface area contributed by atoms with Crippen LogP contribution in [-0.4, -0.2) is 37.1 Å². The zero-order chi connectivity index (χ0) is 18.0. The minimum atomic E-state index is 0.658. The van der Waals surface area contributed by atoms with Crippen LogP contribution < -0.4 is 15.5 Å². The molecular formula is C21H33N5. The first-order valence-electron chi connectivity index (χ1n) is 10.2. The van der Waals surface area contributed by atoms with E-state index < -0.39 is 0 Å². The number of allylic oxidation sites excluding steroid dienone is 1. The predicted octanol–water partition coefficient (Wildman–Crippen LogP) is 3.63. The lowest BCUT2D eigenvalue weighted by Crippen LogP contribution is -2.37. The second kappa shape index (κ2) is 10.2. The number of anilines is 1. The Morgan fingerprint density at radius 3 is 2.73 bits per heavy atom. The Balaban J connectivity index is 1.48. The van der Waals surface area contributed by atoms with Gasteiger partial charge in [-0.15, -0.1) is 0 Å². The van der Waals surface area contributed by atoms with Gasteiger partial charge in [0.2, 0.25) is 0 Å². The Kier molecular flexibility index (Phi) is 7.35. The maximum absolute atomic E-state index is 4.71. The summed E-state index contributed by atoms with van der Waals surface area (Å²) in [5.41, 5.74) is 2.75. The molecule has 142 valence electrons. The van der Waals surface area contributed by atoms with Crippen LogP contribution in [0.15, 0.2) is 35.0 Å². The SMILES string of the molecule is CCNC(=NCc1ccc(N2CCCC2)nc1)NCCC1=CCCCC1. The third-order valence-corrected chi connectivity index (χ3v) is 5.13. The number of hydrogen-bond acceptors (Lipinski definition) is 3. The molecule has 2 N–H and O–H groups in total. The van der Waals surface area contributed by atoms with E-state index in [0.717, 1.165) is 49.9 Å². The average molecular weight is 356 g/mol. The molecule has 5 heteroatoms. The minimum absolute atomic E-state index is 0.658. The number of nitrogens with zero attached hydrogens (tertiary/aromatic N) is 3. The highest BCUT2D eigenvalue weighted by atomic mass is 15.2. The molecule has 0 spiro atoms. The van der Waals surface area contributed by atoms with Crippen molar-refractivity contribution >= 4 is 11.8 Å². The molecule has 0 radical (unpaired) electrons. The lowest BCUT2D eigenvalue weighted by atomic mass is 9.97. The highest BCUT2D eigenvalue weighted by Gasteiger charge is 2.12. The van der Waals surface area contributed by atoms with Crippen molar-refractivity contribution in [2.75, 3.05) is 31.1 Å². The molecule has 0 atom stereocenters. The molecule has 3 rings (SSSR count). The van der Waals surface area contributed by atoms with Gasteiger partial charge in [-0.25, -0.2) is 9.98 Å². The summed E-state index contributed by atoms with van der Waals surface area (Å²) >= 11 is 0. The summed E-state index contributed by atoms with van der Waals surface area (Å²) in [7, 11) is 0. The molecule has 0 amide bonds. The Morgan fingerprint density at radius 2 is 2.04 bits per heavy atom. The van der Waals surface area contributed by atoms with Crippen molar-refractivity contribution in [2.45, 2.75) is 58.4 Å². The van der Waals surface area contributed by atoms with Crippen molar-refractivity contribution in [1.29, 1.82) is 0 Å². The molecule has 0 unspecified atom stereocenters. The molecule has 1 aliphatic heterocycles. The quantitative estimate of drug-likeness (QED) is 0.445. The van der Waals surface area contributed by atoms with E-state index in [2.05, 4.69) is 45.6 Å².